The Hall–Kier alpha value is -7.62. The zero-order valence-electron chi connectivity index (χ0n) is 30.8. The van der Waals surface area contributed by atoms with Crippen molar-refractivity contribution >= 4 is 93.3 Å². The van der Waals surface area contributed by atoms with Crippen molar-refractivity contribution in [3.05, 3.63) is 200 Å². The average Bonchev–Trinajstić information content (AvgIpc) is 3.86. The highest BCUT2D eigenvalue weighted by atomic mass is 16.3. The first-order chi connectivity index (χ1) is 28.3. The number of hydrogen-bond donors (Lipinski definition) is 0. The van der Waals surface area contributed by atoms with Crippen LogP contribution < -0.4 is 4.90 Å². The van der Waals surface area contributed by atoms with Gasteiger partial charge in [0.25, 0.3) is 0 Å². The predicted octanol–water partition coefficient (Wildman–Crippen LogP) is 15.7. The second-order valence-corrected chi connectivity index (χ2v) is 14.8. The molecule has 0 spiro atoms. The number of furan rings is 2. The van der Waals surface area contributed by atoms with Crippen LogP contribution in [0.1, 0.15) is 0 Å². The minimum absolute atomic E-state index is 0.860. The lowest BCUT2D eigenvalue weighted by Crippen LogP contribution is -2.10. The lowest BCUT2D eigenvalue weighted by Gasteiger charge is -2.25. The summed E-state index contributed by atoms with van der Waals surface area (Å²) >= 11 is 0. The normalized spacial score (nSPS) is 11.9. The highest BCUT2D eigenvalue weighted by Crippen LogP contribution is 2.46. The van der Waals surface area contributed by atoms with Crippen LogP contribution in [-0.4, -0.2) is 0 Å². The molecule has 2 aromatic heterocycles. The number of hydrogen-bond acceptors (Lipinski definition) is 3. The second-order valence-electron chi connectivity index (χ2n) is 14.8. The molecule has 12 rings (SSSR count). The lowest BCUT2D eigenvalue weighted by atomic mass is 9.93. The number of para-hydroxylation sites is 3. The molecule has 3 nitrogen and oxygen atoms in total. The minimum atomic E-state index is 0.860. The van der Waals surface area contributed by atoms with E-state index in [1.54, 1.807) is 0 Å². The van der Waals surface area contributed by atoms with E-state index in [1.165, 1.54) is 32.7 Å². The van der Waals surface area contributed by atoms with Gasteiger partial charge < -0.3 is 13.7 Å². The molecule has 266 valence electrons. The van der Waals surface area contributed by atoms with Gasteiger partial charge in [-0.1, -0.05) is 152 Å². The van der Waals surface area contributed by atoms with Crippen LogP contribution in [0.4, 0.5) is 17.1 Å². The van der Waals surface area contributed by atoms with Gasteiger partial charge in [0.1, 0.15) is 16.7 Å². The number of fused-ring (bicyclic) bond motifs is 11. The molecule has 12 aromatic rings. The van der Waals surface area contributed by atoms with E-state index < -0.39 is 0 Å². The molecule has 3 heteroatoms. The van der Waals surface area contributed by atoms with Gasteiger partial charge in [-0.05, 0) is 86.8 Å². The van der Waals surface area contributed by atoms with Gasteiger partial charge in [-0.2, -0.15) is 0 Å². The molecule has 0 N–H and O–H groups in total. The van der Waals surface area contributed by atoms with Crippen LogP contribution in [0.15, 0.2) is 209 Å². The molecule has 0 unspecified atom stereocenters. The Bertz CT molecular complexity index is 3520. The van der Waals surface area contributed by atoms with Gasteiger partial charge in [0.05, 0.1) is 5.69 Å². The predicted molar refractivity (Wildman–Crippen MR) is 239 cm³/mol. The molecule has 0 fully saturated rings. The summed E-state index contributed by atoms with van der Waals surface area (Å²) in [5.41, 5.74) is 11.2. The van der Waals surface area contributed by atoms with E-state index >= 15 is 0 Å². The summed E-state index contributed by atoms with van der Waals surface area (Å²) in [4.78, 5) is 2.29. The monoisotopic (exact) mass is 727 g/mol. The van der Waals surface area contributed by atoms with Gasteiger partial charge in [0.2, 0.25) is 0 Å². The number of benzene rings is 10. The van der Waals surface area contributed by atoms with Gasteiger partial charge in [-0.15, -0.1) is 0 Å². The molecule has 0 bridgehead atoms. The summed E-state index contributed by atoms with van der Waals surface area (Å²) in [6.07, 6.45) is 0. The van der Waals surface area contributed by atoms with Gasteiger partial charge in [0, 0.05) is 49.3 Å². The maximum absolute atomic E-state index is 6.91. The standard InChI is InChI=1S/C54H33NO2/c1-2-15-39(16-3-1)55(50-23-11-22-45-47-31-28-35-13-6-7-17-41(35)52(47)57-54(45)50)40-29-26-36(27-30-40)42-20-10-21-46-49-33-48(38-25-24-34-12-4-5-14-37(34)32-38)43-18-8-9-19-44(43)53(49)56-51(42)46/h1-33H. The van der Waals surface area contributed by atoms with E-state index in [4.69, 9.17) is 8.83 Å². The average molecular weight is 728 g/mol. The zero-order valence-corrected chi connectivity index (χ0v) is 30.8. The van der Waals surface area contributed by atoms with Crippen molar-refractivity contribution in [1.29, 1.82) is 0 Å². The molecule has 0 aliphatic heterocycles. The van der Waals surface area contributed by atoms with Gasteiger partial charge in [-0.3, -0.25) is 0 Å². The maximum atomic E-state index is 6.91. The summed E-state index contributed by atoms with van der Waals surface area (Å²) in [5.74, 6) is 0. The molecule has 0 amide bonds. The van der Waals surface area contributed by atoms with Crippen molar-refractivity contribution in [3.8, 4) is 22.3 Å². The molecule has 0 saturated heterocycles. The fourth-order valence-electron chi connectivity index (χ4n) is 8.92. The molecular formula is C54H33NO2. The Morgan fingerprint density at radius 1 is 0.281 bits per heavy atom. The Kier molecular flexibility index (Phi) is 6.93. The second kappa shape index (κ2) is 12.5. The molecule has 10 aromatic carbocycles. The molecule has 0 aliphatic rings. The first-order valence-electron chi connectivity index (χ1n) is 19.4. The van der Waals surface area contributed by atoms with Crippen LogP contribution in [0.25, 0.3) is 98.4 Å². The molecule has 2 heterocycles. The van der Waals surface area contributed by atoms with E-state index in [0.29, 0.717) is 0 Å². The Labute approximate surface area is 328 Å². The first-order valence-corrected chi connectivity index (χ1v) is 19.4. The van der Waals surface area contributed by atoms with Crippen LogP contribution in [0.3, 0.4) is 0 Å². The topological polar surface area (TPSA) is 29.5 Å². The van der Waals surface area contributed by atoms with Crippen molar-refractivity contribution in [2.24, 2.45) is 0 Å². The highest BCUT2D eigenvalue weighted by Gasteiger charge is 2.21. The Morgan fingerprint density at radius 2 is 0.842 bits per heavy atom. The van der Waals surface area contributed by atoms with Gasteiger partial charge >= 0.3 is 0 Å². The molecule has 57 heavy (non-hydrogen) atoms. The number of rotatable bonds is 5. The zero-order chi connectivity index (χ0) is 37.5. The summed E-state index contributed by atoms with van der Waals surface area (Å²) in [6.45, 7) is 0. The SMILES string of the molecule is c1ccc(N(c2ccc(-c3cccc4c3oc3c5ccccc5c(-c5ccc6ccccc6c5)cc43)cc2)c2cccc3c2oc2c4ccccc4ccc32)cc1. The number of nitrogens with zero attached hydrogens (tertiary/aromatic N) is 1. The van der Waals surface area contributed by atoms with E-state index in [-0.39, 0.29) is 0 Å². The van der Waals surface area contributed by atoms with Crippen molar-refractivity contribution < 1.29 is 8.83 Å². The van der Waals surface area contributed by atoms with Crippen molar-refractivity contribution in [3.63, 3.8) is 0 Å². The van der Waals surface area contributed by atoms with E-state index in [9.17, 15) is 0 Å². The van der Waals surface area contributed by atoms with Gasteiger partial charge in [0.15, 0.2) is 5.58 Å². The largest absolute Gasteiger partial charge is 0.455 e. The molecule has 0 saturated carbocycles. The summed E-state index contributed by atoms with van der Waals surface area (Å²) in [7, 11) is 0. The van der Waals surface area contributed by atoms with E-state index in [0.717, 1.165) is 82.8 Å². The van der Waals surface area contributed by atoms with Crippen LogP contribution in [-0.2, 0) is 0 Å². The minimum Gasteiger partial charge on any atom is -0.455 e. The smallest absolute Gasteiger partial charge is 0.159 e. The fourth-order valence-corrected chi connectivity index (χ4v) is 8.92. The summed E-state index contributed by atoms with van der Waals surface area (Å²) in [6, 6.07) is 71.3. The third-order valence-corrected chi connectivity index (χ3v) is 11.6. The Balaban J connectivity index is 1.00. The quantitative estimate of drug-likeness (QED) is 0.177. The molecule has 0 radical (unpaired) electrons. The molecule has 0 aliphatic carbocycles. The summed E-state index contributed by atoms with van der Waals surface area (Å²) < 4.78 is 13.7. The van der Waals surface area contributed by atoms with Crippen LogP contribution in [0.2, 0.25) is 0 Å². The van der Waals surface area contributed by atoms with Crippen molar-refractivity contribution in [2.75, 3.05) is 4.90 Å². The summed E-state index contributed by atoms with van der Waals surface area (Å²) in [5, 5.41) is 11.5. The third kappa shape index (κ3) is 4.92. The Morgan fingerprint density at radius 3 is 1.68 bits per heavy atom. The highest BCUT2D eigenvalue weighted by molar-refractivity contribution is 6.21. The molecule has 0 atom stereocenters. The fraction of sp³-hybridized carbons (Fsp3) is 0. The van der Waals surface area contributed by atoms with Gasteiger partial charge in [-0.25, -0.2) is 0 Å². The third-order valence-electron chi connectivity index (χ3n) is 11.6. The van der Waals surface area contributed by atoms with Crippen molar-refractivity contribution in [2.45, 2.75) is 0 Å². The molecular weight excluding hydrogens is 695 g/mol. The van der Waals surface area contributed by atoms with Crippen LogP contribution in [0.5, 0.6) is 0 Å². The van der Waals surface area contributed by atoms with E-state index in [2.05, 4.69) is 205 Å². The first kappa shape index (κ1) is 31.7. The van der Waals surface area contributed by atoms with E-state index in [1.807, 2.05) is 0 Å². The number of anilines is 3. The van der Waals surface area contributed by atoms with Crippen molar-refractivity contribution in [1.82, 2.24) is 0 Å². The van der Waals surface area contributed by atoms with Crippen LogP contribution in [0, 0.1) is 0 Å². The van der Waals surface area contributed by atoms with Crippen LogP contribution >= 0.6 is 0 Å². The maximum Gasteiger partial charge on any atom is 0.159 e. The lowest BCUT2D eigenvalue weighted by molar-refractivity contribution is 0.673.